The minimum Gasteiger partial charge on any atom is -0.466 e. The fraction of sp³-hybridized carbons (Fsp3) is 0.897. The van der Waals surface area contributed by atoms with Crippen LogP contribution in [0.4, 0.5) is 0 Å². The van der Waals surface area contributed by atoms with Crippen LogP contribution in [0, 0.1) is 0 Å². The van der Waals surface area contributed by atoms with Crippen molar-refractivity contribution in [1.82, 2.24) is 0 Å². The van der Waals surface area contributed by atoms with Crippen LogP contribution in [0.5, 0.6) is 0 Å². The Bertz CT molecular complexity index is 1220. The van der Waals surface area contributed by atoms with Gasteiger partial charge in [-0.25, -0.2) is 4.79 Å². The number of Topliss-reactive ketones (excluding diaryl/α,β-unsaturated/α-hetero) is 2. The number of hydrogen-bond acceptors (Lipinski definition) is 12. The van der Waals surface area contributed by atoms with Gasteiger partial charge in [0.2, 0.25) is 5.60 Å². The molecule has 12 nitrogen and oxygen atoms in total. The van der Waals surface area contributed by atoms with E-state index in [9.17, 15) is 28.8 Å². The summed E-state index contributed by atoms with van der Waals surface area (Å²) in [4.78, 5) is 78.4. The topological polar surface area (TPSA) is 158 Å². The summed E-state index contributed by atoms with van der Waals surface area (Å²) in [5, 5.41) is 0. The number of esters is 4. The van der Waals surface area contributed by atoms with Crippen molar-refractivity contribution in [3.8, 4) is 0 Å². The molecule has 0 aromatic heterocycles. The summed E-state index contributed by atoms with van der Waals surface area (Å²) >= 11 is 0. The van der Waals surface area contributed by atoms with Crippen molar-refractivity contribution in [1.29, 1.82) is 0 Å². The van der Waals surface area contributed by atoms with E-state index in [2.05, 4.69) is 20.8 Å². The zero-order valence-corrected chi connectivity index (χ0v) is 45.6. The van der Waals surface area contributed by atoms with E-state index in [-0.39, 0.29) is 58.5 Å². The SMILES string of the molecule is CCCCCCCCCCCCCCOC(=O)CC(CC(=O)OCCCCCCCCCCCCCC)(OC(=O)CCC(=O)COCCOCC(C)=O)C(=O)OCCCCCCCCCCCCCC. The van der Waals surface area contributed by atoms with Crippen molar-refractivity contribution in [2.45, 2.75) is 290 Å². The van der Waals surface area contributed by atoms with Crippen molar-refractivity contribution in [2.75, 3.05) is 46.2 Å². The van der Waals surface area contributed by atoms with Gasteiger partial charge in [-0.2, -0.15) is 0 Å². The predicted molar refractivity (Wildman–Crippen MR) is 281 cm³/mol. The van der Waals surface area contributed by atoms with Crippen molar-refractivity contribution >= 4 is 35.4 Å². The number of carbonyl (C=O) groups excluding carboxylic acids is 6. The van der Waals surface area contributed by atoms with Crippen LogP contribution < -0.4 is 0 Å². The predicted octanol–water partition coefficient (Wildman–Crippen LogP) is 14.8. The maximum absolute atomic E-state index is 14.1. The van der Waals surface area contributed by atoms with Crippen LogP contribution in [-0.2, 0) is 57.2 Å². The minimum absolute atomic E-state index is 0.0311. The van der Waals surface area contributed by atoms with Gasteiger partial charge < -0.3 is 28.4 Å². The van der Waals surface area contributed by atoms with Crippen LogP contribution in [0.15, 0.2) is 0 Å². The number of ether oxygens (including phenoxy) is 6. The molecule has 410 valence electrons. The van der Waals surface area contributed by atoms with E-state index >= 15 is 0 Å². The third-order valence-corrected chi connectivity index (χ3v) is 12.8. The summed E-state index contributed by atoms with van der Waals surface area (Å²) < 4.78 is 33.2. The van der Waals surface area contributed by atoms with Gasteiger partial charge in [0.15, 0.2) is 11.6 Å². The van der Waals surface area contributed by atoms with Gasteiger partial charge in [-0.1, -0.05) is 233 Å². The fourth-order valence-corrected chi connectivity index (χ4v) is 8.49. The maximum atomic E-state index is 14.1. The Morgan fingerprint density at radius 2 is 0.629 bits per heavy atom. The molecule has 0 N–H and O–H groups in total. The lowest BCUT2D eigenvalue weighted by Crippen LogP contribution is -2.49. The molecule has 0 aliphatic carbocycles. The summed E-state index contributed by atoms with van der Waals surface area (Å²) in [6.45, 7) is 8.27. The summed E-state index contributed by atoms with van der Waals surface area (Å²) in [6, 6.07) is 0. The van der Waals surface area contributed by atoms with Gasteiger partial charge >= 0.3 is 23.9 Å². The number of hydrogen-bond donors (Lipinski definition) is 0. The number of rotatable bonds is 55. The molecule has 0 fully saturated rings. The molecule has 0 saturated heterocycles. The summed E-state index contributed by atoms with van der Waals surface area (Å²) in [5.41, 5.74) is -2.33. The second kappa shape index (κ2) is 51.1. The fourth-order valence-electron chi connectivity index (χ4n) is 8.49. The Kier molecular flexibility index (Phi) is 49.0. The average molecular weight is 995 g/mol. The second-order valence-corrected chi connectivity index (χ2v) is 19.9. The van der Waals surface area contributed by atoms with E-state index in [1.165, 1.54) is 161 Å². The highest BCUT2D eigenvalue weighted by atomic mass is 16.6. The lowest BCUT2D eigenvalue weighted by molar-refractivity contribution is -0.191. The molecule has 0 aromatic rings. The molecule has 0 aliphatic rings. The van der Waals surface area contributed by atoms with Crippen molar-refractivity contribution in [3.63, 3.8) is 0 Å². The first kappa shape index (κ1) is 67.1. The number of ketones is 2. The quantitative estimate of drug-likeness (QED) is 0.0323. The Morgan fingerprint density at radius 1 is 0.329 bits per heavy atom. The molecule has 0 aromatic carbocycles. The van der Waals surface area contributed by atoms with Gasteiger partial charge in [0.05, 0.1) is 52.3 Å². The smallest absolute Gasteiger partial charge is 0.351 e. The van der Waals surface area contributed by atoms with E-state index in [0.29, 0.717) is 19.3 Å². The zero-order chi connectivity index (χ0) is 51.4. The van der Waals surface area contributed by atoms with Gasteiger partial charge in [-0.05, 0) is 26.2 Å². The first-order chi connectivity index (χ1) is 34.1. The Labute approximate surface area is 427 Å². The first-order valence-electron chi connectivity index (χ1n) is 29.0. The molecule has 70 heavy (non-hydrogen) atoms. The molecule has 0 amide bonds. The van der Waals surface area contributed by atoms with Crippen LogP contribution in [0.25, 0.3) is 0 Å². The molecule has 0 atom stereocenters. The number of carbonyl (C=O) groups is 6. The van der Waals surface area contributed by atoms with E-state index in [1.54, 1.807) is 0 Å². The monoisotopic (exact) mass is 995 g/mol. The molecule has 0 bridgehead atoms. The van der Waals surface area contributed by atoms with Crippen molar-refractivity contribution in [2.24, 2.45) is 0 Å². The standard InChI is InChI=1S/C58H106O12/c1-5-8-11-14-17-20-23-26-29-32-35-38-43-67-55(62)48-58(70-54(61)42-41-53(60)51-66-47-46-65-50-52(4)59,57(64)69-45-40-37-34-31-28-25-22-19-16-13-10-7-3)49-56(63)68-44-39-36-33-30-27-24-21-18-15-12-9-6-2/h5-51H2,1-4H3. The second-order valence-electron chi connectivity index (χ2n) is 19.9. The normalized spacial score (nSPS) is 11.4. The molecule has 0 radical (unpaired) electrons. The molecule has 0 saturated carbocycles. The first-order valence-corrected chi connectivity index (χ1v) is 29.0. The van der Waals surface area contributed by atoms with Gasteiger partial charge in [0.25, 0.3) is 0 Å². The third-order valence-electron chi connectivity index (χ3n) is 12.8. The highest BCUT2D eigenvalue weighted by Gasteiger charge is 2.49. The van der Waals surface area contributed by atoms with E-state index in [0.717, 1.165) is 57.8 Å². The Hall–Kier alpha value is -2.86. The van der Waals surface area contributed by atoms with Gasteiger partial charge in [0.1, 0.15) is 13.2 Å². The van der Waals surface area contributed by atoms with Crippen LogP contribution in [0.3, 0.4) is 0 Å². The molecule has 0 aliphatic heterocycles. The largest absolute Gasteiger partial charge is 0.466 e. The molecule has 0 heterocycles. The lowest BCUT2D eigenvalue weighted by atomic mass is 9.94. The highest BCUT2D eigenvalue weighted by molar-refractivity contribution is 5.93. The molecule has 0 rings (SSSR count). The summed E-state index contributed by atoms with van der Waals surface area (Å²) in [7, 11) is 0. The Balaban J connectivity index is 5.59. The molecule has 0 spiro atoms. The minimum atomic E-state index is -2.33. The van der Waals surface area contributed by atoms with E-state index < -0.39 is 54.5 Å². The van der Waals surface area contributed by atoms with Gasteiger partial charge in [0, 0.05) is 6.42 Å². The summed E-state index contributed by atoms with van der Waals surface area (Å²) in [6.07, 6.45) is 39.3. The molecule has 0 unspecified atom stereocenters. The molecule has 12 heteroatoms. The van der Waals surface area contributed by atoms with Gasteiger partial charge in [-0.3, -0.25) is 24.0 Å². The summed E-state index contributed by atoms with van der Waals surface area (Å²) in [5.74, 6) is -4.05. The third kappa shape index (κ3) is 45.0. The lowest BCUT2D eigenvalue weighted by Gasteiger charge is -2.30. The van der Waals surface area contributed by atoms with Crippen molar-refractivity contribution in [3.05, 3.63) is 0 Å². The van der Waals surface area contributed by atoms with Crippen LogP contribution in [0.2, 0.25) is 0 Å². The Morgan fingerprint density at radius 3 is 0.957 bits per heavy atom. The van der Waals surface area contributed by atoms with Crippen LogP contribution in [0.1, 0.15) is 285 Å². The van der Waals surface area contributed by atoms with E-state index in [4.69, 9.17) is 28.4 Å². The van der Waals surface area contributed by atoms with Crippen LogP contribution in [-0.4, -0.2) is 87.3 Å². The molecular formula is C58H106O12. The number of unbranched alkanes of at least 4 members (excludes halogenated alkanes) is 33. The maximum Gasteiger partial charge on any atom is 0.351 e. The average Bonchev–Trinajstić information content (AvgIpc) is 3.33. The molecular weight excluding hydrogens is 889 g/mol. The zero-order valence-electron chi connectivity index (χ0n) is 45.6. The van der Waals surface area contributed by atoms with E-state index in [1.807, 2.05) is 0 Å². The van der Waals surface area contributed by atoms with Crippen LogP contribution >= 0.6 is 0 Å². The van der Waals surface area contributed by atoms with Crippen molar-refractivity contribution < 1.29 is 57.2 Å². The highest BCUT2D eigenvalue weighted by Crippen LogP contribution is 2.27. The van der Waals surface area contributed by atoms with Gasteiger partial charge in [-0.15, -0.1) is 0 Å².